The van der Waals surface area contributed by atoms with Crippen LogP contribution < -0.4 is 0 Å². The number of rotatable bonds is 9. The van der Waals surface area contributed by atoms with Crippen molar-refractivity contribution >= 4 is 11.9 Å². The van der Waals surface area contributed by atoms with Crippen molar-refractivity contribution in [3.63, 3.8) is 0 Å². The van der Waals surface area contributed by atoms with Crippen LogP contribution in [-0.4, -0.2) is 59.9 Å². The quantitative estimate of drug-likeness (QED) is 0.657. The van der Waals surface area contributed by atoms with Gasteiger partial charge in [-0.05, 0) is 12.1 Å². The summed E-state index contributed by atoms with van der Waals surface area (Å²) in [4.78, 5) is 24.1. The minimum Gasteiger partial charge on any atom is -0.481 e. The van der Waals surface area contributed by atoms with Crippen molar-refractivity contribution in [3.05, 3.63) is 35.6 Å². The molecule has 0 saturated carbocycles. The molecule has 0 fully saturated rings. The highest BCUT2D eigenvalue weighted by Gasteiger charge is 2.19. The minimum atomic E-state index is -1.04. The summed E-state index contributed by atoms with van der Waals surface area (Å²) in [5, 5.41) is 17.3. The summed E-state index contributed by atoms with van der Waals surface area (Å²) in [5.41, 5.74) is -0.106. The van der Waals surface area contributed by atoms with E-state index in [-0.39, 0.29) is 44.9 Å². The molecule has 1 aromatic rings. The molecule has 116 valence electrons. The van der Waals surface area contributed by atoms with Gasteiger partial charge in [0.2, 0.25) is 0 Å². The minimum absolute atomic E-state index is 0.0367. The summed E-state index contributed by atoms with van der Waals surface area (Å²) in [6.07, 6.45) is -0.236. The van der Waals surface area contributed by atoms with Gasteiger partial charge in [0.1, 0.15) is 5.82 Å². The number of carboxylic acids is 1. The van der Waals surface area contributed by atoms with Crippen LogP contribution in [0.4, 0.5) is 4.39 Å². The molecule has 0 atom stereocenters. The maximum Gasteiger partial charge on any atom is 0.305 e. The van der Waals surface area contributed by atoms with Gasteiger partial charge in [0.15, 0.2) is 0 Å². The first-order chi connectivity index (χ1) is 10.1. The number of ether oxygens (including phenoxy) is 1. The molecule has 1 amide bonds. The third-order valence-electron chi connectivity index (χ3n) is 2.73. The van der Waals surface area contributed by atoms with Gasteiger partial charge in [0.25, 0.3) is 5.91 Å². The number of halogens is 1. The molecule has 1 aromatic carbocycles. The van der Waals surface area contributed by atoms with Crippen molar-refractivity contribution in [1.82, 2.24) is 4.90 Å². The van der Waals surface area contributed by atoms with Gasteiger partial charge in [-0.2, -0.15) is 0 Å². The van der Waals surface area contributed by atoms with Gasteiger partial charge in [-0.15, -0.1) is 0 Å². The molecule has 7 heteroatoms. The van der Waals surface area contributed by atoms with E-state index in [2.05, 4.69) is 0 Å². The Hall–Kier alpha value is -1.99. The van der Waals surface area contributed by atoms with E-state index in [4.69, 9.17) is 14.9 Å². The van der Waals surface area contributed by atoms with Crippen LogP contribution in [0.15, 0.2) is 24.3 Å². The predicted molar refractivity (Wildman–Crippen MR) is 72.5 cm³/mol. The molecule has 0 aromatic heterocycles. The molecule has 0 heterocycles. The number of aliphatic hydroxyl groups is 1. The monoisotopic (exact) mass is 299 g/mol. The molecule has 1 rings (SSSR count). The fraction of sp³-hybridized carbons (Fsp3) is 0.429. The number of benzene rings is 1. The number of aliphatic hydroxyl groups excluding tert-OH is 1. The molecular formula is C14H18FNO5. The molecule has 0 radical (unpaired) electrons. The van der Waals surface area contributed by atoms with E-state index in [9.17, 15) is 14.0 Å². The van der Waals surface area contributed by atoms with Crippen LogP contribution in [0, 0.1) is 5.82 Å². The van der Waals surface area contributed by atoms with Gasteiger partial charge in [-0.25, -0.2) is 4.39 Å². The van der Waals surface area contributed by atoms with E-state index in [1.165, 1.54) is 29.2 Å². The van der Waals surface area contributed by atoms with Gasteiger partial charge < -0.3 is 19.8 Å². The highest BCUT2D eigenvalue weighted by molar-refractivity contribution is 5.94. The SMILES string of the molecule is O=C(O)CCN(CCOCCO)C(=O)c1ccccc1F. The van der Waals surface area contributed by atoms with E-state index in [0.29, 0.717) is 0 Å². The molecule has 0 aliphatic heterocycles. The van der Waals surface area contributed by atoms with Crippen LogP contribution in [0.5, 0.6) is 0 Å². The van der Waals surface area contributed by atoms with Crippen molar-refractivity contribution in [3.8, 4) is 0 Å². The summed E-state index contributed by atoms with van der Waals surface area (Å²) in [6.45, 7) is 0.211. The molecular weight excluding hydrogens is 281 g/mol. The molecule has 0 aliphatic rings. The second-order valence-corrected chi connectivity index (χ2v) is 4.25. The average Bonchev–Trinajstić information content (AvgIpc) is 2.46. The average molecular weight is 299 g/mol. The zero-order valence-electron chi connectivity index (χ0n) is 11.5. The molecule has 0 bridgehead atoms. The summed E-state index contributed by atoms with van der Waals surface area (Å²) in [7, 11) is 0. The Labute approximate surface area is 121 Å². The standard InChI is InChI=1S/C14H18FNO5/c15-12-4-2-1-3-11(12)14(20)16(6-5-13(18)19)7-9-21-10-8-17/h1-4,17H,5-10H2,(H,18,19). The fourth-order valence-electron chi connectivity index (χ4n) is 1.69. The molecule has 2 N–H and O–H groups in total. The van der Waals surface area contributed by atoms with Crippen LogP contribution >= 0.6 is 0 Å². The molecule has 0 spiro atoms. The lowest BCUT2D eigenvalue weighted by molar-refractivity contribution is -0.137. The van der Waals surface area contributed by atoms with Gasteiger partial charge in [-0.1, -0.05) is 12.1 Å². The second-order valence-electron chi connectivity index (χ2n) is 4.25. The highest BCUT2D eigenvalue weighted by atomic mass is 19.1. The number of amides is 1. The molecule has 0 unspecified atom stereocenters. The van der Waals surface area contributed by atoms with Crippen molar-refractivity contribution in [2.45, 2.75) is 6.42 Å². The summed E-state index contributed by atoms with van der Waals surface area (Å²) < 4.78 is 18.7. The first kappa shape index (κ1) is 17.1. The Morgan fingerprint density at radius 3 is 2.52 bits per heavy atom. The zero-order chi connectivity index (χ0) is 15.7. The topological polar surface area (TPSA) is 87.1 Å². The Kier molecular flexibility index (Phi) is 7.34. The van der Waals surface area contributed by atoms with Crippen molar-refractivity contribution < 1.29 is 28.9 Å². The zero-order valence-corrected chi connectivity index (χ0v) is 11.5. The second kappa shape index (κ2) is 9.04. The maximum atomic E-state index is 13.6. The normalized spacial score (nSPS) is 10.4. The van der Waals surface area contributed by atoms with Crippen LogP contribution in [-0.2, 0) is 9.53 Å². The van der Waals surface area contributed by atoms with Crippen molar-refractivity contribution in [2.24, 2.45) is 0 Å². The molecule has 6 nitrogen and oxygen atoms in total. The number of carboxylic acid groups (broad SMARTS) is 1. The number of carbonyl (C=O) groups excluding carboxylic acids is 1. The number of nitrogens with zero attached hydrogens (tertiary/aromatic N) is 1. The van der Waals surface area contributed by atoms with E-state index < -0.39 is 17.7 Å². The number of hydrogen-bond donors (Lipinski definition) is 2. The Bertz CT molecular complexity index is 480. The van der Waals surface area contributed by atoms with Crippen LogP contribution in [0.2, 0.25) is 0 Å². The lowest BCUT2D eigenvalue weighted by Crippen LogP contribution is -2.36. The molecule has 0 aliphatic carbocycles. The van der Waals surface area contributed by atoms with Crippen molar-refractivity contribution in [2.75, 3.05) is 32.9 Å². The summed E-state index contributed by atoms with van der Waals surface area (Å²) in [6, 6.07) is 5.52. The first-order valence-corrected chi connectivity index (χ1v) is 6.50. The Balaban J connectivity index is 2.71. The van der Waals surface area contributed by atoms with Crippen LogP contribution in [0.3, 0.4) is 0 Å². The first-order valence-electron chi connectivity index (χ1n) is 6.50. The van der Waals surface area contributed by atoms with Gasteiger partial charge >= 0.3 is 5.97 Å². The van der Waals surface area contributed by atoms with E-state index in [0.717, 1.165) is 0 Å². The van der Waals surface area contributed by atoms with Crippen molar-refractivity contribution in [1.29, 1.82) is 0 Å². The molecule has 21 heavy (non-hydrogen) atoms. The smallest absolute Gasteiger partial charge is 0.305 e. The largest absolute Gasteiger partial charge is 0.481 e. The van der Waals surface area contributed by atoms with E-state index >= 15 is 0 Å². The fourth-order valence-corrected chi connectivity index (χ4v) is 1.69. The Morgan fingerprint density at radius 1 is 1.19 bits per heavy atom. The van der Waals surface area contributed by atoms with Crippen LogP contribution in [0.1, 0.15) is 16.8 Å². The highest BCUT2D eigenvalue weighted by Crippen LogP contribution is 2.10. The van der Waals surface area contributed by atoms with Gasteiger partial charge in [0.05, 0.1) is 31.8 Å². The third-order valence-corrected chi connectivity index (χ3v) is 2.73. The lowest BCUT2D eigenvalue weighted by atomic mass is 10.2. The van der Waals surface area contributed by atoms with Gasteiger partial charge in [-0.3, -0.25) is 9.59 Å². The predicted octanol–water partition coefficient (Wildman–Crippen LogP) is 0.751. The summed E-state index contributed by atoms with van der Waals surface area (Å²) >= 11 is 0. The number of hydrogen-bond acceptors (Lipinski definition) is 4. The van der Waals surface area contributed by atoms with Gasteiger partial charge in [0, 0.05) is 13.1 Å². The van der Waals surface area contributed by atoms with E-state index in [1.807, 2.05) is 0 Å². The van der Waals surface area contributed by atoms with E-state index in [1.54, 1.807) is 0 Å². The maximum absolute atomic E-state index is 13.6. The lowest BCUT2D eigenvalue weighted by Gasteiger charge is -2.22. The number of carbonyl (C=O) groups is 2. The summed E-state index contributed by atoms with van der Waals surface area (Å²) in [5.74, 6) is -2.28. The van der Waals surface area contributed by atoms with Crippen LogP contribution in [0.25, 0.3) is 0 Å². The third kappa shape index (κ3) is 5.88. The molecule has 0 saturated heterocycles. The number of aliphatic carboxylic acids is 1. The Morgan fingerprint density at radius 2 is 1.90 bits per heavy atom.